The highest BCUT2D eigenvalue weighted by molar-refractivity contribution is 5.25. The van der Waals surface area contributed by atoms with Gasteiger partial charge in [0.15, 0.2) is 0 Å². The van der Waals surface area contributed by atoms with Crippen molar-refractivity contribution in [2.45, 2.75) is 39.2 Å². The van der Waals surface area contributed by atoms with Gasteiger partial charge in [0.2, 0.25) is 0 Å². The summed E-state index contributed by atoms with van der Waals surface area (Å²) < 4.78 is 2.23. The molecule has 2 N–H and O–H groups in total. The van der Waals surface area contributed by atoms with Crippen molar-refractivity contribution in [2.24, 2.45) is 5.73 Å². The molecule has 0 bridgehead atoms. The van der Waals surface area contributed by atoms with Gasteiger partial charge in [-0.15, -0.1) is 0 Å². The largest absolute Gasteiger partial charge is 0.331 e. The molecule has 0 fully saturated rings. The van der Waals surface area contributed by atoms with E-state index in [0.29, 0.717) is 12.5 Å². The van der Waals surface area contributed by atoms with E-state index in [2.05, 4.69) is 53.9 Å². The first-order valence-electron chi connectivity index (χ1n) is 7.03. The van der Waals surface area contributed by atoms with Crippen LogP contribution >= 0.6 is 0 Å². The molecule has 3 nitrogen and oxygen atoms in total. The van der Waals surface area contributed by atoms with Crippen LogP contribution in [0.25, 0.3) is 0 Å². The smallest absolute Gasteiger partial charge is 0.108 e. The zero-order valence-corrected chi connectivity index (χ0v) is 11.8. The number of hydrogen-bond donors (Lipinski definition) is 1. The number of benzene rings is 1. The molecule has 0 spiro atoms. The quantitative estimate of drug-likeness (QED) is 0.864. The molecule has 0 aliphatic rings. The second-order valence-electron chi connectivity index (χ2n) is 5.10. The number of nitrogens with two attached hydrogens (primary N) is 1. The molecule has 2 rings (SSSR count). The van der Waals surface area contributed by atoms with Gasteiger partial charge in [-0.05, 0) is 30.0 Å². The Hall–Kier alpha value is -1.61. The SMILES string of the molecule is CCCc1nccn1Cc1ccc(C(C)CN)cc1. The monoisotopic (exact) mass is 257 g/mol. The van der Waals surface area contributed by atoms with E-state index in [1.165, 1.54) is 17.0 Å². The van der Waals surface area contributed by atoms with Crippen LogP contribution in [0.5, 0.6) is 0 Å². The van der Waals surface area contributed by atoms with E-state index in [4.69, 9.17) is 5.73 Å². The first-order valence-corrected chi connectivity index (χ1v) is 7.03. The number of hydrogen-bond acceptors (Lipinski definition) is 2. The van der Waals surface area contributed by atoms with Crippen LogP contribution in [0.4, 0.5) is 0 Å². The molecule has 19 heavy (non-hydrogen) atoms. The minimum atomic E-state index is 0.429. The van der Waals surface area contributed by atoms with Crippen molar-refractivity contribution in [1.82, 2.24) is 9.55 Å². The van der Waals surface area contributed by atoms with Gasteiger partial charge in [-0.3, -0.25) is 0 Å². The fourth-order valence-electron chi connectivity index (χ4n) is 2.22. The molecular weight excluding hydrogens is 234 g/mol. The average Bonchev–Trinajstić information content (AvgIpc) is 2.86. The first-order chi connectivity index (χ1) is 9.24. The number of aromatic nitrogens is 2. The van der Waals surface area contributed by atoms with Crippen molar-refractivity contribution in [2.75, 3.05) is 6.54 Å². The number of rotatable bonds is 6. The Labute approximate surface area is 115 Å². The van der Waals surface area contributed by atoms with Crippen LogP contribution < -0.4 is 5.73 Å². The second-order valence-corrected chi connectivity index (χ2v) is 5.10. The predicted molar refractivity (Wildman–Crippen MR) is 79.2 cm³/mol. The average molecular weight is 257 g/mol. The van der Waals surface area contributed by atoms with E-state index in [-0.39, 0.29) is 0 Å². The predicted octanol–water partition coefficient (Wildman–Crippen LogP) is 2.95. The molecule has 1 atom stereocenters. The topological polar surface area (TPSA) is 43.8 Å². The third-order valence-electron chi connectivity index (χ3n) is 3.53. The number of nitrogens with zero attached hydrogens (tertiary/aromatic N) is 2. The maximum Gasteiger partial charge on any atom is 0.108 e. The Morgan fingerprint density at radius 2 is 2.00 bits per heavy atom. The highest BCUT2D eigenvalue weighted by atomic mass is 15.1. The van der Waals surface area contributed by atoms with Gasteiger partial charge in [0.25, 0.3) is 0 Å². The van der Waals surface area contributed by atoms with Gasteiger partial charge < -0.3 is 10.3 Å². The standard InChI is InChI=1S/C16H23N3/c1-3-4-16-18-9-10-19(16)12-14-5-7-15(8-6-14)13(2)11-17/h5-10,13H,3-4,11-12,17H2,1-2H3. The highest BCUT2D eigenvalue weighted by Crippen LogP contribution is 2.15. The molecule has 2 aromatic rings. The number of aryl methyl sites for hydroxylation is 1. The van der Waals surface area contributed by atoms with Crippen molar-refractivity contribution in [3.05, 3.63) is 53.6 Å². The molecule has 0 radical (unpaired) electrons. The Bertz CT molecular complexity index is 499. The van der Waals surface area contributed by atoms with E-state index in [1.54, 1.807) is 0 Å². The van der Waals surface area contributed by atoms with Crippen molar-refractivity contribution in [3.63, 3.8) is 0 Å². The maximum absolute atomic E-state index is 5.69. The summed E-state index contributed by atoms with van der Waals surface area (Å²) in [6.45, 7) is 5.93. The lowest BCUT2D eigenvalue weighted by Crippen LogP contribution is -2.09. The molecule has 3 heteroatoms. The zero-order chi connectivity index (χ0) is 13.7. The summed E-state index contributed by atoms with van der Waals surface area (Å²) in [6, 6.07) is 8.75. The molecule has 0 saturated heterocycles. The lowest BCUT2D eigenvalue weighted by Gasteiger charge is -2.11. The zero-order valence-electron chi connectivity index (χ0n) is 11.8. The van der Waals surface area contributed by atoms with Crippen LogP contribution in [0.1, 0.15) is 43.1 Å². The van der Waals surface area contributed by atoms with Gasteiger partial charge in [-0.1, -0.05) is 38.1 Å². The Balaban J connectivity index is 2.08. The molecule has 1 unspecified atom stereocenters. The van der Waals surface area contributed by atoms with Crippen LogP contribution in [-0.2, 0) is 13.0 Å². The summed E-state index contributed by atoms with van der Waals surface area (Å²) in [6.07, 6.45) is 6.11. The molecule has 0 aliphatic carbocycles. The number of imidazole rings is 1. The van der Waals surface area contributed by atoms with Crippen molar-refractivity contribution >= 4 is 0 Å². The van der Waals surface area contributed by atoms with Gasteiger partial charge >= 0.3 is 0 Å². The van der Waals surface area contributed by atoms with Crippen LogP contribution in [0.15, 0.2) is 36.7 Å². The molecule has 1 heterocycles. The van der Waals surface area contributed by atoms with Gasteiger partial charge in [-0.2, -0.15) is 0 Å². The minimum absolute atomic E-state index is 0.429. The maximum atomic E-state index is 5.69. The van der Waals surface area contributed by atoms with Gasteiger partial charge in [0.05, 0.1) is 0 Å². The van der Waals surface area contributed by atoms with Crippen molar-refractivity contribution in [1.29, 1.82) is 0 Å². The summed E-state index contributed by atoms with van der Waals surface area (Å²) in [5.74, 6) is 1.60. The van der Waals surface area contributed by atoms with Gasteiger partial charge in [-0.25, -0.2) is 4.98 Å². The molecule has 0 saturated carbocycles. The third kappa shape index (κ3) is 3.44. The molecule has 0 aliphatic heterocycles. The van der Waals surface area contributed by atoms with Crippen molar-refractivity contribution < 1.29 is 0 Å². The second kappa shape index (κ2) is 6.53. The van der Waals surface area contributed by atoms with Crippen LogP contribution in [-0.4, -0.2) is 16.1 Å². The normalized spacial score (nSPS) is 12.6. The lowest BCUT2D eigenvalue weighted by atomic mass is 10.00. The van der Waals surface area contributed by atoms with Gasteiger partial charge in [0.1, 0.15) is 5.82 Å². The molecule has 1 aromatic heterocycles. The Kier molecular flexibility index (Phi) is 4.74. The Morgan fingerprint density at radius 1 is 1.26 bits per heavy atom. The summed E-state index contributed by atoms with van der Waals surface area (Å²) in [5, 5.41) is 0. The van der Waals surface area contributed by atoms with E-state index in [9.17, 15) is 0 Å². The first kappa shape index (κ1) is 13.8. The van der Waals surface area contributed by atoms with Gasteiger partial charge in [0, 0.05) is 25.4 Å². The van der Waals surface area contributed by atoms with Crippen LogP contribution in [0.2, 0.25) is 0 Å². The molecular formula is C16H23N3. The molecule has 0 amide bonds. The van der Waals surface area contributed by atoms with E-state index in [1.807, 2.05) is 6.20 Å². The van der Waals surface area contributed by atoms with Crippen LogP contribution in [0, 0.1) is 0 Å². The van der Waals surface area contributed by atoms with E-state index in [0.717, 1.165) is 19.4 Å². The summed E-state index contributed by atoms with van der Waals surface area (Å²) >= 11 is 0. The molecule has 102 valence electrons. The highest BCUT2D eigenvalue weighted by Gasteiger charge is 2.05. The van der Waals surface area contributed by atoms with E-state index >= 15 is 0 Å². The fraction of sp³-hybridized carbons (Fsp3) is 0.438. The minimum Gasteiger partial charge on any atom is -0.331 e. The fourth-order valence-corrected chi connectivity index (χ4v) is 2.22. The summed E-state index contributed by atoms with van der Waals surface area (Å²) in [5.41, 5.74) is 8.31. The van der Waals surface area contributed by atoms with Crippen molar-refractivity contribution in [3.8, 4) is 0 Å². The lowest BCUT2D eigenvalue weighted by molar-refractivity contribution is 0.704. The van der Waals surface area contributed by atoms with E-state index < -0.39 is 0 Å². The summed E-state index contributed by atoms with van der Waals surface area (Å²) in [7, 11) is 0. The third-order valence-corrected chi connectivity index (χ3v) is 3.53. The van der Waals surface area contributed by atoms with Crippen LogP contribution in [0.3, 0.4) is 0 Å². The summed E-state index contributed by atoms with van der Waals surface area (Å²) in [4.78, 5) is 4.41. The molecule has 1 aromatic carbocycles. The Morgan fingerprint density at radius 3 is 2.63 bits per heavy atom.